The van der Waals surface area contributed by atoms with E-state index in [9.17, 15) is 17.6 Å². The third-order valence-electron chi connectivity index (χ3n) is 3.83. The standard InChI is InChI=1S/C16H17FN2O3S2/c17-13-5-3-12(4-6-13)11-18-24(21,22)15-8-7-14(23-15)16(20)19-9-1-2-10-19/h3-8,18H,1-2,9-11H2. The van der Waals surface area contributed by atoms with E-state index in [1.165, 1.54) is 30.3 Å². The van der Waals surface area contributed by atoms with E-state index in [4.69, 9.17) is 0 Å². The lowest BCUT2D eigenvalue weighted by Gasteiger charge is -2.13. The fourth-order valence-corrected chi connectivity index (χ4v) is 4.84. The molecule has 0 radical (unpaired) electrons. The third kappa shape index (κ3) is 3.82. The number of nitrogens with one attached hydrogen (secondary N) is 1. The molecular formula is C16H17FN2O3S2. The zero-order valence-corrected chi connectivity index (χ0v) is 14.5. The van der Waals surface area contributed by atoms with Crippen molar-refractivity contribution in [3.8, 4) is 0 Å². The average Bonchev–Trinajstić information content (AvgIpc) is 3.25. The molecule has 24 heavy (non-hydrogen) atoms. The molecule has 0 unspecified atom stereocenters. The van der Waals surface area contributed by atoms with Crippen molar-refractivity contribution < 1.29 is 17.6 Å². The molecule has 5 nitrogen and oxygen atoms in total. The molecular weight excluding hydrogens is 351 g/mol. The number of halogens is 1. The normalized spacial score (nSPS) is 15.0. The van der Waals surface area contributed by atoms with Crippen molar-refractivity contribution in [3.05, 3.63) is 52.7 Å². The SMILES string of the molecule is O=C(c1ccc(S(=O)(=O)NCc2ccc(F)cc2)s1)N1CCCC1. The van der Waals surface area contributed by atoms with Crippen molar-refractivity contribution in [2.45, 2.75) is 23.6 Å². The van der Waals surface area contributed by atoms with E-state index in [0.29, 0.717) is 10.4 Å². The van der Waals surface area contributed by atoms with Crippen molar-refractivity contribution in [2.24, 2.45) is 0 Å². The Morgan fingerprint density at radius 2 is 1.79 bits per heavy atom. The fraction of sp³-hybridized carbons (Fsp3) is 0.312. The van der Waals surface area contributed by atoms with Gasteiger partial charge in [0.1, 0.15) is 10.0 Å². The van der Waals surface area contributed by atoms with Gasteiger partial charge in [-0.2, -0.15) is 0 Å². The Morgan fingerprint density at radius 3 is 2.46 bits per heavy atom. The highest BCUT2D eigenvalue weighted by Crippen LogP contribution is 2.24. The van der Waals surface area contributed by atoms with Gasteiger partial charge >= 0.3 is 0 Å². The second-order valence-electron chi connectivity index (χ2n) is 5.57. The van der Waals surface area contributed by atoms with Crippen LogP contribution < -0.4 is 4.72 Å². The first-order chi connectivity index (χ1) is 11.5. The average molecular weight is 368 g/mol. The van der Waals surface area contributed by atoms with Gasteiger partial charge in [0.25, 0.3) is 5.91 Å². The fourth-order valence-electron chi connectivity index (χ4n) is 2.51. The number of nitrogens with zero attached hydrogens (tertiary/aromatic N) is 1. The van der Waals surface area contributed by atoms with Crippen LogP contribution in [-0.2, 0) is 16.6 Å². The zero-order valence-electron chi connectivity index (χ0n) is 12.9. The highest BCUT2D eigenvalue weighted by atomic mass is 32.2. The molecule has 1 saturated heterocycles. The van der Waals surface area contributed by atoms with Crippen molar-refractivity contribution in [1.82, 2.24) is 9.62 Å². The van der Waals surface area contributed by atoms with E-state index in [-0.39, 0.29) is 22.5 Å². The summed E-state index contributed by atoms with van der Waals surface area (Å²) in [5.41, 5.74) is 0.657. The summed E-state index contributed by atoms with van der Waals surface area (Å²) in [5.74, 6) is -0.484. The summed E-state index contributed by atoms with van der Waals surface area (Å²) < 4.78 is 40.1. The number of hydrogen-bond acceptors (Lipinski definition) is 4. The second kappa shape index (κ2) is 7.00. The largest absolute Gasteiger partial charge is 0.338 e. The minimum atomic E-state index is -3.70. The lowest BCUT2D eigenvalue weighted by molar-refractivity contribution is 0.0797. The third-order valence-corrected chi connectivity index (χ3v) is 6.80. The Bertz CT molecular complexity index is 825. The summed E-state index contributed by atoms with van der Waals surface area (Å²) in [6.07, 6.45) is 1.98. The topological polar surface area (TPSA) is 66.5 Å². The summed E-state index contributed by atoms with van der Waals surface area (Å²) in [7, 11) is -3.70. The molecule has 1 aromatic carbocycles. The van der Waals surface area contributed by atoms with Gasteiger partial charge in [0.05, 0.1) is 4.88 Å². The van der Waals surface area contributed by atoms with E-state index in [1.54, 1.807) is 11.0 Å². The van der Waals surface area contributed by atoms with Crippen LogP contribution in [-0.4, -0.2) is 32.3 Å². The molecule has 1 amide bonds. The molecule has 0 spiro atoms. The number of rotatable bonds is 5. The van der Waals surface area contributed by atoms with E-state index in [2.05, 4.69) is 4.72 Å². The molecule has 2 aromatic rings. The minimum Gasteiger partial charge on any atom is -0.338 e. The number of carbonyl (C=O) groups is 1. The molecule has 0 saturated carbocycles. The lowest BCUT2D eigenvalue weighted by Crippen LogP contribution is -2.26. The van der Waals surface area contributed by atoms with Crippen molar-refractivity contribution in [3.63, 3.8) is 0 Å². The van der Waals surface area contributed by atoms with Crippen LogP contribution in [0.25, 0.3) is 0 Å². The molecule has 1 aliphatic rings. The van der Waals surface area contributed by atoms with Gasteiger partial charge < -0.3 is 4.90 Å². The van der Waals surface area contributed by atoms with Crippen LogP contribution in [0.1, 0.15) is 28.1 Å². The number of benzene rings is 1. The van der Waals surface area contributed by atoms with E-state index in [1.807, 2.05) is 0 Å². The molecule has 1 fully saturated rings. The van der Waals surface area contributed by atoms with Gasteiger partial charge in [-0.25, -0.2) is 17.5 Å². The maximum absolute atomic E-state index is 12.9. The van der Waals surface area contributed by atoms with Gasteiger partial charge in [-0.15, -0.1) is 11.3 Å². The molecule has 1 N–H and O–H groups in total. The van der Waals surface area contributed by atoms with Gasteiger partial charge in [0, 0.05) is 19.6 Å². The van der Waals surface area contributed by atoms with E-state index < -0.39 is 10.0 Å². The number of likely N-dealkylation sites (tertiary alicyclic amines) is 1. The first kappa shape index (κ1) is 17.1. The smallest absolute Gasteiger partial charge is 0.263 e. The summed E-state index contributed by atoms with van der Waals surface area (Å²) >= 11 is 0.971. The van der Waals surface area contributed by atoms with Gasteiger partial charge in [-0.3, -0.25) is 4.79 Å². The molecule has 2 heterocycles. The van der Waals surface area contributed by atoms with Gasteiger partial charge in [0.15, 0.2) is 0 Å². The lowest BCUT2D eigenvalue weighted by atomic mass is 10.2. The summed E-state index contributed by atoms with van der Waals surface area (Å²) in [4.78, 5) is 14.5. The molecule has 128 valence electrons. The number of thiophene rings is 1. The van der Waals surface area contributed by atoms with E-state index in [0.717, 1.165) is 37.3 Å². The van der Waals surface area contributed by atoms with Gasteiger partial charge in [0.2, 0.25) is 10.0 Å². The molecule has 8 heteroatoms. The molecule has 1 aliphatic heterocycles. The molecule has 1 aromatic heterocycles. The molecule has 3 rings (SSSR count). The van der Waals surface area contributed by atoms with Crippen LogP contribution in [0.2, 0.25) is 0 Å². The van der Waals surface area contributed by atoms with E-state index >= 15 is 0 Å². The van der Waals surface area contributed by atoms with Crippen LogP contribution in [0.4, 0.5) is 4.39 Å². The van der Waals surface area contributed by atoms with Gasteiger partial charge in [-0.05, 0) is 42.7 Å². The summed E-state index contributed by atoms with van der Waals surface area (Å²) in [6, 6.07) is 8.60. The van der Waals surface area contributed by atoms with Crippen molar-refractivity contribution >= 4 is 27.3 Å². The summed E-state index contributed by atoms with van der Waals surface area (Å²) in [5, 5.41) is 0. The molecule has 0 bridgehead atoms. The molecule has 0 atom stereocenters. The van der Waals surface area contributed by atoms with Crippen molar-refractivity contribution in [2.75, 3.05) is 13.1 Å². The van der Waals surface area contributed by atoms with Crippen LogP contribution in [0.5, 0.6) is 0 Å². The number of hydrogen-bond donors (Lipinski definition) is 1. The Morgan fingerprint density at radius 1 is 1.12 bits per heavy atom. The number of sulfonamides is 1. The maximum atomic E-state index is 12.9. The van der Waals surface area contributed by atoms with Crippen LogP contribution in [0.3, 0.4) is 0 Å². The molecule has 0 aliphatic carbocycles. The quantitative estimate of drug-likeness (QED) is 0.882. The first-order valence-electron chi connectivity index (χ1n) is 7.59. The zero-order chi connectivity index (χ0) is 17.2. The highest BCUT2D eigenvalue weighted by molar-refractivity contribution is 7.91. The Balaban J connectivity index is 1.68. The Labute approximate surface area is 144 Å². The number of amides is 1. The Hall–Kier alpha value is -1.77. The summed E-state index contributed by atoms with van der Waals surface area (Å²) in [6.45, 7) is 1.51. The predicted octanol–water partition coefficient (Wildman–Crippen LogP) is 2.60. The van der Waals surface area contributed by atoms with Crippen LogP contribution in [0, 0.1) is 5.82 Å². The first-order valence-corrected chi connectivity index (χ1v) is 9.89. The van der Waals surface area contributed by atoms with Crippen LogP contribution >= 0.6 is 11.3 Å². The highest BCUT2D eigenvalue weighted by Gasteiger charge is 2.23. The predicted molar refractivity (Wildman–Crippen MR) is 89.9 cm³/mol. The second-order valence-corrected chi connectivity index (χ2v) is 8.65. The Kier molecular flexibility index (Phi) is 4.98. The minimum absolute atomic E-state index is 0.0654. The van der Waals surface area contributed by atoms with Crippen molar-refractivity contribution in [1.29, 1.82) is 0 Å². The van der Waals surface area contributed by atoms with Gasteiger partial charge in [-0.1, -0.05) is 12.1 Å². The maximum Gasteiger partial charge on any atom is 0.263 e. The monoisotopic (exact) mass is 368 g/mol. The number of carbonyl (C=O) groups excluding carboxylic acids is 1. The van der Waals surface area contributed by atoms with Crippen LogP contribution in [0.15, 0.2) is 40.6 Å².